The van der Waals surface area contributed by atoms with Crippen LogP contribution in [0.15, 0.2) is 42.2 Å². The van der Waals surface area contributed by atoms with E-state index in [1.807, 2.05) is 0 Å². The smallest absolute Gasteiger partial charge is 0.348 e. The minimum atomic E-state index is -3.51. The molecular weight excluding hydrogens is 372 g/mol. The molecule has 0 saturated carbocycles. The molecule has 0 unspecified atom stereocenters. The van der Waals surface area contributed by atoms with Gasteiger partial charge in [0.25, 0.3) is 0 Å². The maximum Gasteiger partial charge on any atom is 0.348 e. The number of hydrogen-bond acceptors (Lipinski definition) is 5. The van der Waals surface area contributed by atoms with E-state index in [-0.39, 0.29) is 18.2 Å². The van der Waals surface area contributed by atoms with Crippen LogP contribution in [0.4, 0.5) is 8.78 Å². The number of carbonyl (C=O) groups is 3. The largest absolute Gasteiger partial charge is 0.873 e. The van der Waals surface area contributed by atoms with Crippen molar-refractivity contribution in [3.63, 3.8) is 0 Å². The number of carbonyl (C=O) groups excluding carboxylic acids is 3. The van der Waals surface area contributed by atoms with Gasteiger partial charge in [-0.3, -0.25) is 9.59 Å². The number of ether oxygens (including phenoxy) is 1. The predicted octanol–water partition coefficient (Wildman–Crippen LogP) is 0.804. The Labute approximate surface area is 162 Å². The summed E-state index contributed by atoms with van der Waals surface area (Å²) in [5.74, 6) is -8.19. The zero-order chi connectivity index (χ0) is 21.5. The molecule has 1 aliphatic carbocycles. The molecule has 2 rings (SSSR count). The van der Waals surface area contributed by atoms with Crippen LogP contribution in [0.3, 0.4) is 0 Å². The summed E-state index contributed by atoms with van der Waals surface area (Å²) >= 11 is 0. The van der Waals surface area contributed by atoms with E-state index in [9.17, 15) is 19.5 Å². The lowest BCUT2D eigenvalue weighted by Gasteiger charge is -2.45. The Morgan fingerprint density at radius 2 is 1.71 bits per heavy atom. The van der Waals surface area contributed by atoms with Crippen molar-refractivity contribution in [2.24, 2.45) is 0 Å². The minimum Gasteiger partial charge on any atom is -0.873 e. The fourth-order valence-electron chi connectivity index (χ4n) is 2.82. The number of alkyl halides is 2. The third-order valence-corrected chi connectivity index (χ3v) is 4.35. The molecule has 0 aliphatic heterocycles. The highest BCUT2D eigenvalue weighted by Crippen LogP contribution is 2.49. The normalized spacial score (nSPS) is 26.6. The molecule has 0 fully saturated rings. The molecule has 3 atom stereocenters. The van der Waals surface area contributed by atoms with E-state index >= 15 is 8.78 Å². The number of hydrogen-bond donors (Lipinski definition) is 1. The van der Waals surface area contributed by atoms with E-state index in [0.717, 1.165) is 13.5 Å². The molecule has 28 heavy (non-hydrogen) atoms. The molecule has 0 amide bonds. The second kappa shape index (κ2) is 9.54. The van der Waals surface area contributed by atoms with Crippen molar-refractivity contribution in [3.8, 4) is 0 Å². The number of ketones is 2. The fraction of sp³-hybridized carbons (Fsp3) is 0.450. The second-order valence-corrected chi connectivity index (χ2v) is 6.27. The van der Waals surface area contributed by atoms with Crippen LogP contribution in [0.25, 0.3) is 0 Å². The molecule has 0 spiro atoms. The summed E-state index contributed by atoms with van der Waals surface area (Å²) < 4.78 is 35.5. The van der Waals surface area contributed by atoms with Gasteiger partial charge >= 0.3 is 5.97 Å². The molecule has 0 heterocycles. The third-order valence-electron chi connectivity index (χ3n) is 4.35. The number of Topliss-reactive ketones (excluding diaryl/α,β-unsaturated/α-hetero) is 1. The van der Waals surface area contributed by atoms with Crippen molar-refractivity contribution in [3.05, 3.63) is 47.7 Å². The SMILES string of the molecule is CCC[NH3+].CCOC(=O)[C@@]1(F)C([O-])=CC(=O)[C@](F)(C(C)=O)[C@H]1c1ccccc1. The number of rotatable bonds is 5. The van der Waals surface area contributed by atoms with Gasteiger partial charge in [-0.2, -0.15) is 0 Å². The van der Waals surface area contributed by atoms with E-state index in [1.54, 1.807) is 6.07 Å². The molecular formula is C20H25F2NO5. The van der Waals surface area contributed by atoms with Gasteiger partial charge < -0.3 is 15.6 Å². The first kappa shape index (κ1) is 23.4. The molecule has 154 valence electrons. The molecule has 0 saturated heterocycles. The van der Waals surface area contributed by atoms with Crippen LogP contribution in [0.2, 0.25) is 0 Å². The van der Waals surface area contributed by atoms with Crippen molar-refractivity contribution in [1.29, 1.82) is 0 Å². The number of benzene rings is 1. The third kappa shape index (κ3) is 4.11. The van der Waals surface area contributed by atoms with Gasteiger partial charge in [-0.25, -0.2) is 13.6 Å². The predicted molar refractivity (Wildman–Crippen MR) is 95.3 cm³/mol. The first-order valence-corrected chi connectivity index (χ1v) is 8.96. The lowest BCUT2D eigenvalue weighted by Crippen LogP contribution is -2.62. The first-order chi connectivity index (χ1) is 13.1. The minimum absolute atomic E-state index is 0.123. The molecule has 8 heteroatoms. The first-order valence-electron chi connectivity index (χ1n) is 8.96. The lowest BCUT2D eigenvalue weighted by atomic mass is 9.65. The summed E-state index contributed by atoms with van der Waals surface area (Å²) in [7, 11) is 0. The summed E-state index contributed by atoms with van der Waals surface area (Å²) in [5.41, 5.74) is -3.45. The Morgan fingerprint density at radius 1 is 1.18 bits per heavy atom. The van der Waals surface area contributed by atoms with Crippen molar-refractivity contribution in [1.82, 2.24) is 0 Å². The van der Waals surface area contributed by atoms with Gasteiger partial charge in [0.1, 0.15) is 0 Å². The summed E-state index contributed by atoms with van der Waals surface area (Å²) in [6.45, 7) is 5.08. The summed E-state index contributed by atoms with van der Waals surface area (Å²) in [6, 6.07) is 6.84. The van der Waals surface area contributed by atoms with Crippen molar-refractivity contribution >= 4 is 17.5 Å². The van der Waals surface area contributed by atoms with E-state index in [2.05, 4.69) is 17.4 Å². The van der Waals surface area contributed by atoms with Crippen LogP contribution >= 0.6 is 0 Å². The lowest BCUT2D eigenvalue weighted by molar-refractivity contribution is -0.367. The molecule has 1 aromatic rings. The monoisotopic (exact) mass is 397 g/mol. The van der Waals surface area contributed by atoms with Gasteiger partial charge in [0.05, 0.1) is 19.1 Å². The number of allylic oxidation sites excluding steroid dienone is 1. The summed E-state index contributed by atoms with van der Waals surface area (Å²) in [5, 5.41) is 12.1. The zero-order valence-corrected chi connectivity index (χ0v) is 16.2. The average Bonchev–Trinajstić information content (AvgIpc) is 2.67. The molecule has 0 aromatic heterocycles. The van der Waals surface area contributed by atoms with Crippen molar-refractivity contribution in [2.75, 3.05) is 13.2 Å². The van der Waals surface area contributed by atoms with Gasteiger partial charge in [-0.15, -0.1) is 0 Å². The highest BCUT2D eigenvalue weighted by Gasteiger charge is 2.65. The maximum absolute atomic E-state index is 15.5. The van der Waals surface area contributed by atoms with Gasteiger partial charge in [-0.05, 0) is 31.9 Å². The Balaban J connectivity index is 0.000000892. The van der Waals surface area contributed by atoms with E-state index < -0.39 is 40.6 Å². The molecule has 3 N–H and O–H groups in total. The Bertz CT molecular complexity index is 750. The van der Waals surface area contributed by atoms with Crippen LogP contribution in [-0.4, -0.2) is 42.0 Å². The van der Waals surface area contributed by atoms with Crippen molar-refractivity contribution in [2.45, 2.75) is 44.4 Å². The van der Waals surface area contributed by atoms with Gasteiger partial charge in [0.2, 0.25) is 17.1 Å². The van der Waals surface area contributed by atoms with E-state index in [4.69, 9.17) is 0 Å². The summed E-state index contributed by atoms with van der Waals surface area (Å²) in [6.07, 6.45) is 1.33. The topological polar surface area (TPSA) is 111 Å². The van der Waals surface area contributed by atoms with Crippen LogP contribution < -0.4 is 10.8 Å². The van der Waals surface area contributed by atoms with Gasteiger partial charge in [0.15, 0.2) is 5.78 Å². The second-order valence-electron chi connectivity index (χ2n) is 6.27. The quantitative estimate of drug-likeness (QED) is 0.584. The Hall–Kier alpha value is -2.61. The van der Waals surface area contributed by atoms with E-state index in [0.29, 0.717) is 0 Å². The van der Waals surface area contributed by atoms with Gasteiger partial charge in [-0.1, -0.05) is 43.0 Å². The van der Waals surface area contributed by atoms with E-state index in [1.165, 1.54) is 37.6 Å². The van der Waals surface area contributed by atoms with Crippen molar-refractivity contribution < 1.29 is 38.7 Å². The molecule has 0 radical (unpaired) electrons. The molecule has 0 bridgehead atoms. The molecule has 1 aromatic carbocycles. The number of quaternary nitrogens is 1. The Kier molecular flexibility index (Phi) is 7.99. The highest BCUT2D eigenvalue weighted by atomic mass is 19.2. The highest BCUT2D eigenvalue weighted by molar-refractivity contribution is 6.17. The fourth-order valence-corrected chi connectivity index (χ4v) is 2.82. The van der Waals surface area contributed by atoms with Crippen LogP contribution in [0, 0.1) is 0 Å². The summed E-state index contributed by atoms with van der Waals surface area (Å²) in [4.78, 5) is 36.0. The van der Waals surface area contributed by atoms with Crippen LogP contribution in [0.5, 0.6) is 0 Å². The maximum atomic E-state index is 15.5. The van der Waals surface area contributed by atoms with Gasteiger partial charge in [0, 0.05) is 0 Å². The average molecular weight is 397 g/mol. The van der Waals surface area contributed by atoms with Crippen LogP contribution in [-0.2, 0) is 19.1 Å². The van der Waals surface area contributed by atoms with Crippen LogP contribution in [0.1, 0.15) is 38.7 Å². The molecule has 1 aliphatic rings. The Morgan fingerprint density at radius 3 is 2.14 bits per heavy atom. The standard InChI is InChI=1S/C17H16F2O5.C3H9N/c1-3-24-15(23)17(19)13(22)9-12(21)16(18,10(2)20)14(17)11-7-5-4-6-8-11;1-2-3-4/h4-9,14,22H,3H2,1-2H3;2-4H2,1H3/t14-,16-,17-;/m1./s1. The zero-order valence-electron chi connectivity index (χ0n) is 16.2. The number of halogens is 2. The molecule has 6 nitrogen and oxygen atoms in total. The number of esters is 1.